The van der Waals surface area contributed by atoms with Crippen molar-refractivity contribution in [3.8, 4) is 0 Å². The number of carbonyl (C=O) groups excluding carboxylic acids is 1. The summed E-state index contributed by atoms with van der Waals surface area (Å²) in [6, 6.07) is 21.1. The van der Waals surface area contributed by atoms with Crippen molar-refractivity contribution in [2.24, 2.45) is 5.73 Å². The largest absolute Gasteiger partial charge is 0.368 e. The van der Waals surface area contributed by atoms with Crippen LogP contribution in [0.2, 0.25) is 0 Å². The fourth-order valence-electron chi connectivity index (χ4n) is 3.50. The number of carbonyl (C=O) groups is 1. The Morgan fingerprint density at radius 3 is 2.25 bits per heavy atom. The van der Waals surface area contributed by atoms with Crippen molar-refractivity contribution in [1.82, 2.24) is 4.90 Å². The average molecular weight is 322 g/mol. The molecule has 3 heteroatoms. The lowest BCUT2D eigenvalue weighted by Gasteiger charge is -2.29. The smallest absolute Gasteiger partial charge is 0.236 e. The van der Waals surface area contributed by atoms with Gasteiger partial charge in [-0.05, 0) is 24.0 Å². The van der Waals surface area contributed by atoms with E-state index in [9.17, 15) is 4.79 Å². The van der Waals surface area contributed by atoms with Crippen molar-refractivity contribution >= 4 is 5.91 Å². The molecule has 0 bridgehead atoms. The van der Waals surface area contributed by atoms with E-state index in [-0.39, 0.29) is 25.9 Å². The number of nitrogens with two attached hydrogens (primary N) is 1. The van der Waals surface area contributed by atoms with E-state index in [1.807, 2.05) is 12.1 Å². The number of rotatable bonds is 5. The van der Waals surface area contributed by atoms with Crippen LogP contribution in [0.3, 0.4) is 0 Å². The minimum absolute atomic E-state index is 0. The lowest BCUT2D eigenvalue weighted by atomic mass is 9.88. The molecular formula is C21H26N2O. The van der Waals surface area contributed by atoms with Crippen molar-refractivity contribution in [1.29, 1.82) is 0 Å². The molecule has 0 aromatic heterocycles. The molecule has 1 heterocycles. The molecular weight excluding hydrogens is 296 g/mol. The molecule has 3 nitrogen and oxygen atoms in total. The summed E-state index contributed by atoms with van der Waals surface area (Å²) in [4.78, 5) is 13.6. The van der Waals surface area contributed by atoms with Gasteiger partial charge in [0.25, 0.3) is 0 Å². The lowest BCUT2D eigenvalue weighted by Crippen LogP contribution is -2.39. The van der Waals surface area contributed by atoms with E-state index >= 15 is 0 Å². The number of allylic oxidation sites excluding steroid dienone is 1. The standard InChI is InChI=1S/C20H22N2O.CH4/c1-15-12-18(17-10-6-3-7-11-17)19(22(15)14-20(21)23)13-16-8-4-2-5-9-16;/h2-11,18-19H,1,12-14H2,(H2,21,23);1H4. The Balaban J connectivity index is 0.00000208. The molecule has 0 saturated carbocycles. The Kier molecular flexibility index (Phi) is 5.80. The fourth-order valence-corrected chi connectivity index (χ4v) is 3.50. The highest BCUT2D eigenvalue weighted by Gasteiger charge is 2.37. The van der Waals surface area contributed by atoms with Crippen LogP contribution in [0.5, 0.6) is 0 Å². The Morgan fingerprint density at radius 1 is 1.08 bits per heavy atom. The molecule has 1 fully saturated rings. The summed E-state index contributed by atoms with van der Waals surface area (Å²) >= 11 is 0. The van der Waals surface area contributed by atoms with Crippen LogP contribution in [-0.2, 0) is 11.2 Å². The van der Waals surface area contributed by atoms with Crippen LogP contribution in [0.25, 0.3) is 0 Å². The van der Waals surface area contributed by atoms with E-state index in [0.29, 0.717) is 5.92 Å². The first kappa shape index (κ1) is 17.8. The Labute approximate surface area is 144 Å². The predicted octanol–water partition coefficient (Wildman–Crippen LogP) is 3.72. The summed E-state index contributed by atoms with van der Waals surface area (Å²) in [5.41, 5.74) is 9.01. The van der Waals surface area contributed by atoms with E-state index in [4.69, 9.17) is 5.73 Å². The summed E-state index contributed by atoms with van der Waals surface area (Å²) in [5, 5.41) is 0. The summed E-state index contributed by atoms with van der Waals surface area (Å²) in [7, 11) is 0. The summed E-state index contributed by atoms with van der Waals surface area (Å²) < 4.78 is 0. The number of amides is 1. The molecule has 1 aliphatic heterocycles. The number of likely N-dealkylation sites (tertiary alicyclic amines) is 1. The molecule has 0 aliphatic carbocycles. The Bertz CT molecular complexity index is 681. The van der Waals surface area contributed by atoms with Crippen molar-refractivity contribution in [2.75, 3.05) is 6.54 Å². The minimum Gasteiger partial charge on any atom is -0.368 e. The molecule has 2 atom stereocenters. The first-order valence-corrected chi connectivity index (χ1v) is 7.96. The second-order valence-corrected chi connectivity index (χ2v) is 6.14. The number of hydrogen-bond donors (Lipinski definition) is 1. The highest BCUT2D eigenvalue weighted by Crippen LogP contribution is 2.40. The molecule has 1 aliphatic rings. The SMILES string of the molecule is C.C=C1CC(c2ccccc2)C(Cc2ccccc2)N1CC(N)=O. The molecule has 1 amide bonds. The molecule has 2 N–H and O–H groups in total. The molecule has 24 heavy (non-hydrogen) atoms. The van der Waals surface area contributed by atoms with Gasteiger partial charge in [0, 0.05) is 17.7 Å². The summed E-state index contributed by atoms with van der Waals surface area (Å²) in [6.07, 6.45) is 1.75. The lowest BCUT2D eigenvalue weighted by molar-refractivity contribution is -0.119. The first-order chi connectivity index (χ1) is 11.1. The summed E-state index contributed by atoms with van der Waals surface area (Å²) in [5.74, 6) is 0.0289. The van der Waals surface area contributed by atoms with Crippen LogP contribution in [0.15, 0.2) is 72.9 Å². The minimum atomic E-state index is -0.307. The van der Waals surface area contributed by atoms with Gasteiger partial charge in [0.15, 0.2) is 0 Å². The number of hydrogen-bond acceptors (Lipinski definition) is 2. The number of primary amides is 1. The zero-order chi connectivity index (χ0) is 16.2. The van der Waals surface area contributed by atoms with Gasteiger partial charge in [-0.1, -0.05) is 74.7 Å². The van der Waals surface area contributed by atoms with Crippen LogP contribution < -0.4 is 5.73 Å². The van der Waals surface area contributed by atoms with Gasteiger partial charge < -0.3 is 10.6 Å². The molecule has 0 spiro atoms. The predicted molar refractivity (Wildman–Crippen MR) is 99.5 cm³/mol. The molecule has 2 unspecified atom stereocenters. The third-order valence-electron chi connectivity index (χ3n) is 4.57. The maximum atomic E-state index is 11.5. The quantitative estimate of drug-likeness (QED) is 0.912. The van der Waals surface area contributed by atoms with E-state index in [0.717, 1.165) is 18.5 Å². The zero-order valence-electron chi connectivity index (χ0n) is 13.2. The first-order valence-electron chi connectivity index (χ1n) is 7.96. The van der Waals surface area contributed by atoms with Gasteiger partial charge in [-0.3, -0.25) is 4.79 Å². The van der Waals surface area contributed by atoms with Gasteiger partial charge in [0.05, 0.1) is 6.54 Å². The average Bonchev–Trinajstić information content (AvgIpc) is 2.85. The fraction of sp³-hybridized carbons (Fsp3) is 0.286. The van der Waals surface area contributed by atoms with Crippen LogP contribution in [0.1, 0.15) is 30.9 Å². The molecule has 3 rings (SSSR count). The second-order valence-electron chi connectivity index (χ2n) is 6.14. The van der Waals surface area contributed by atoms with Crippen molar-refractivity contribution in [2.45, 2.75) is 32.2 Å². The Hall–Kier alpha value is -2.55. The van der Waals surface area contributed by atoms with Gasteiger partial charge in [-0.25, -0.2) is 0 Å². The highest BCUT2D eigenvalue weighted by molar-refractivity contribution is 5.76. The zero-order valence-corrected chi connectivity index (χ0v) is 13.2. The monoisotopic (exact) mass is 322 g/mol. The maximum absolute atomic E-state index is 11.5. The molecule has 2 aromatic rings. The van der Waals surface area contributed by atoms with Gasteiger partial charge in [-0.2, -0.15) is 0 Å². The van der Waals surface area contributed by atoms with E-state index in [1.54, 1.807) is 0 Å². The molecule has 2 aromatic carbocycles. The van der Waals surface area contributed by atoms with Gasteiger partial charge in [-0.15, -0.1) is 0 Å². The number of benzene rings is 2. The van der Waals surface area contributed by atoms with Crippen molar-refractivity contribution < 1.29 is 4.79 Å². The molecule has 1 saturated heterocycles. The maximum Gasteiger partial charge on any atom is 0.236 e. The van der Waals surface area contributed by atoms with E-state index in [2.05, 4.69) is 60.0 Å². The Morgan fingerprint density at radius 2 is 1.67 bits per heavy atom. The summed E-state index contributed by atoms with van der Waals surface area (Å²) in [6.45, 7) is 4.41. The van der Waals surface area contributed by atoms with Gasteiger partial charge in [0.1, 0.15) is 0 Å². The number of nitrogens with zero attached hydrogens (tertiary/aromatic N) is 1. The van der Waals surface area contributed by atoms with Crippen LogP contribution in [0.4, 0.5) is 0 Å². The molecule has 126 valence electrons. The van der Waals surface area contributed by atoms with Crippen molar-refractivity contribution in [3.63, 3.8) is 0 Å². The van der Waals surface area contributed by atoms with Crippen LogP contribution in [0, 0.1) is 0 Å². The van der Waals surface area contributed by atoms with Crippen LogP contribution >= 0.6 is 0 Å². The normalized spacial score (nSPS) is 19.8. The van der Waals surface area contributed by atoms with Gasteiger partial charge in [0.2, 0.25) is 5.91 Å². The van der Waals surface area contributed by atoms with Crippen LogP contribution in [-0.4, -0.2) is 23.4 Å². The third kappa shape index (κ3) is 3.85. The third-order valence-corrected chi connectivity index (χ3v) is 4.57. The second kappa shape index (κ2) is 7.82. The van der Waals surface area contributed by atoms with E-state index < -0.39 is 0 Å². The topological polar surface area (TPSA) is 46.3 Å². The van der Waals surface area contributed by atoms with Crippen molar-refractivity contribution in [3.05, 3.63) is 84.1 Å². The van der Waals surface area contributed by atoms with E-state index in [1.165, 1.54) is 11.1 Å². The van der Waals surface area contributed by atoms with Gasteiger partial charge >= 0.3 is 0 Å². The molecule has 0 radical (unpaired) electrons. The highest BCUT2D eigenvalue weighted by atomic mass is 16.1.